The van der Waals surface area contributed by atoms with E-state index in [-0.39, 0.29) is 11.5 Å². The molecule has 0 aliphatic carbocycles. The summed E-state index contributed by atoms with van der Waals surface area (Å²) >= 11 is 1.35. The largest absolute Gasteiger partial charge is 0.478 e. The minimum absolute atomic E-state index is 0.232. The molecule has 0 bridgehead atoms. The van der Waals surface area contributed by atoms with Crippen molar-refractivity contribution >= 4 is 33.1 Å². The first-order chi connectivity index (χ1) is 9.92. The van der Waals surface area contributed by atoms with Gasteiger partial charge in [-0.1, -0.05) is 26.8 Å². The molecule has 1 atom stereocenters. The van der Waals surface area contributed by atoms with Gasteiger partial charge in [0.05, 0.1) is 21.4 Å². The Hall–Kier alpha value is -2.19. The summed E-state index contributed by atoms with van der Waals surface area (Å²) in [5.41, 5.74) is 1.50. The van der Waals surface area contributed by atoms with Crippen molar-refractivity contribution in [1.29, 1.82) is 5.26 Å². The highest BCUT2D eigenvalue weighted by molar-refractivity contribution is 7.19. The molecule has 5 heteroatoms. The maximum absolute atomic E-state index is 11.0. The minimum Gasteiger partial charge on any atom is -0.478 e. The van der Waals surface area contributed by atoms with Gasteiger partial charge in [-0.25, -0.2) is 9.78 Å². The van der Waals surface area contributed by atoms with Gasteiger partial charge in [0, 0.05) is 0 Å². The Morgan fingerprint density at radius 1 is 1.43 bits per heavy atom. The maximum Gasteiger partial charge on any atom is 0.335 e. The highest BCUT2D eigenvalue weighted by Gasteiger charge is 2.13. The number of fused-ring (bicyclic) bond motifs is 1. The molecule has 1 aromatic carbocycles. The SMILES string of the molecule is CC(C)C(C)/C=C(\C#N)c1nc2ccc(C(=O)O)cc2s1. The van der Waals surface area contributed by atoms with E-state index in [1.807, 2.05) is 6.08 Å². The lowest BCUT2D eigenvalue weighted by Gasteiger charge is -2.10. The average Bonchev–Trinajstić information content (AvgIpc) is 2.86. The van der Waals surface area contributed by atoms with Crippen LogP contribution < -0.4 is 0 Å². The van der Waals surface area contributed by atoms with E-state index in [0.717, 1.165) is 10.2 Å². The second-order valence-corrected chi connectivity index (χ2v) is 6.33. The highest BCUT2D eigenvalue weighted by Crippen LogP contribution is 2.29. The van der Waals surface area contributed by atoms with Crippen LogP contribution in [0.3, 0.4) is 0 Å². The predicted molar refractivity (Wildman–Crippen MR) is 84.2 cm³/mol. The smallest absolute Gasteiger partial charge is 0.335 e. The lowest BCUT2D eigenvalue weighted by molar-refractivity contribution is 0.0697. The van der Waals surface area contributed by atoms with Gasteiger partial charge in [-0.3, -0.25) is 0 Å². The normalized spacial score (nSPS) is 13.4. The number of benzene rings is 1. The summed E-state index contributed by atoms with van der Waals surface area (Å²) in [7, 11) is 0. The Morgan fingerprint density at radius 3 is 2.71 bits per heavy atom. The van der Waals surface area contributed by atoms with Crippen LogP contribution in [0.2, 0.25) is 0 Å². The number of carbonyl (C=O) groups is 1. The molecular formula is C16H16N2O2S. The molecule has 0 fully saturated rings. The van der Waals surface area contributed by atoms with Crippen LogP contribution in [-0.2, 0) is 0 Å². The maximum atomic E-state index is 11.0. The van der Waals surface area contributed by atoms with E-state index in [9.17, 15) is 10.1 Å². The summed E-state index contributed by atoms with van der Waals surface area (Å²) in [5, 5.41) is 19.0. The van der Waals surface area contributed by atoms with E-state index in [1.165, 1.54) is 17.4 Å². The van der Waals surface area contributed by atoms with E-state index in [2.05, 4.69) is 31.8 Å². The number of hydrogen-bond acceptors (Lipinski definition) is 4. The van der Waals surface area contributed by atoms with E-state index in [1.54, 1.807) is 12.1 Å². The van der Waals surface area contributed by atoms with Crippen LogP contribution in [0.4, 0.5) is 0 Å². The molecule has 0 spiro atoms. The first-order valence-corrected chi connectivity index (χ1v) is 7.50. The van der Waals surface area contributed by atoms with Crippen LogP contribution in [0.15, 0.2) is 24.3 Å². The van der Waals surface area contributed by atoms with Gasteiger partial charge in [0.25, 0.3) is 0 Å². The van der Waals surface area contributed by atoms with Gasteiger partial charge >= 0.3 is 5.97 Å². The molecule has 4 nitrogen and oxygen atoms in total. The van der Waals surface area contributed by atoms with E-state index < -0.39 is 5.97 Å². The molecule has 1 heterocycles. The highest BCUT2D eigenvalue weighted by atomic mass is 32.1. The second kappa shape index (κ2) is 6.06. The summed E-state index contributed by atoms with van der Waals surface area (Å²) in [6.07, 6.45) is 1.93. The van der Waals surface area contributed by atoms with Gasteiger partial charge in [0.2, 0.25) is 0 Å². The van der Waals surface area contributed by atoms with Gasteiger partial charge in [-0.15, -0.1) is 11.3 Å². The molecule has 0 aliphatic rings. The summed E-state index contributed by atoms with van der Waals surface area (Å²) in [4.78, 5) is 15.4. The van der Waals surface area contributed by atoms with Gasteiger partial charge in [0.15, 0.2) is 0 Å². The molecule has 1 unspecified atom stereocenters. The van der Waals surface area contributed by atoms with Crippen LogP contribution in [-0.4, -0.2) is 16.1 Å². The number of allylic oxidation sites excluding steroid dienone is 2. The number of rotatable bonds is 4. The summed E-state index contributed by atoms with van der Waals surface area (Å²) in [6.45, 7) is 6.28. The van der Waals surface area contributed by atoms with Crippen LogP contribution in [0.25, 0.3) is 15.8 Å². The second-order valence-electron chi connectivity index (χ2n) is 5.30. The lowest BCUT2D eigenvalue weighted by Crippen LogP contribution is -2.00. The van der Waals surface area contributed by atoms with Gasteiger partial charge in [-0.05, 0) is 30.0 Å². The van der Waals surface area contributed by atoms with Crippen molar-refractivity contribution in [3.05, 3.63) is 34.8 Å². The summed E-state index contributed by atoms with van der Waals surface area (Å²) in [5.74, 6) is -0.237. The first-order valence-electron chi connectivity index (χ1n) is 6.68. The van der Waals surface area contributed by atoms with Crippen LogP contribution >= 0.6 is 11.3 Å². The van der Waals surface area contributed by atoms with Crippen molar-refractivity contribution < 1.29 is 9.90 Å². The van der Waals surface area contributed by atoms with Crippen molar-refractivity contribution in [3.8, 4) is 6.07 Å². The average molecular weight is 300 g/mol. The lowest BCUT2D eigenvalue weighted by atomic mass is 9.96. The van der Waals surface area contributed by atoms with Crippen LogP contribution in [0, 0.1) is 23.2 Å². The number of aromatic carboxylic acids is 1. The molecule has 0 saturated heterocycles. The fourth-order valence-corrected chi connectivity index (χ4v) is 2.76. The Balaban J connectivity index is 2.46. The number of carboxylic acid groups (broad SMARTS) is 1. The summed E-state index contributed by atoms with van der Waals surface area (Å²) < 4.78 is 0.781. The monoisotopic (exact) mass is 300 g/mol. The number of hydrogen-bond donors (Lipinski definition) is 1. The van der Waals surface area contributed by atoms with Crippen LogP contribution in [0.1, 0.15) is 36.1 Å². The first kappa shape index (κ1) is 15.2. The molecule has 1 aromatic heterocycles. The Morgan fingerprint density at radius 2 is 2.14 bits per heavy atom. The van der Waals surface area contributed by atoms with Crippen molar-refractivity contribution in [2.45, 2.75) is 20.8 Å². The minimum atomic E-state index is -0.962. The fourth-order valence-electron chi connectivity index (χ4n) is 1.78. The predicted octanol–water partition coefficient (Wildman–Crippen LogP) is 4.19. The topological polar surface area (TPSA) is 74.0 Å². The van der Waals surface area contributed by atoms with E-state index >= 15 is 0 Å². The third-order valence-corrected chi connectivity index (χ3v) is 4.52. The van der Waals surface area contributed by atoms with Gasteiger partial charge < -0.3 is 5.11 Å². The zero-order chi connectivity index (χ0) is 15.6. The van der Waals surface area contributed by atoms with E-state index in [0.29, 0.717) is 16.5 Å². The van der Waals surface area contributed by atoms with E-state index in [4.69, 9.17) is 5.11 Å². The van der Waals surface area contributed by atoms with Crippen LogP contribution in [0.5, 0.6) is 0 Å². The van der Waals surface area contributed by atoms with Crippen molar-refractivity contribution in [3.63, 3.8) is 0 Å². The fraction of sp³-hybridized carbons (Fsp3) is 0.312. The molecule has 108 valence electrons. The molecule has 0 aliphatic heterocycles. The third kappa shape index (κ3) is 3.29. The standard InChI is InChI=1S/C16H16N2O2S/c1-9(2)10(3)6-12(8-17)15-18-13-5-4-11(16(19)20)7-14(13)21-15/h4-7,9-10H,1-3H3,(H,19,20)/b12-6+. The van der Waals surface area contributed by atoms with Crippen molar-refractivity contribution in [1.82, 2.24) is 4.98 Å². The molecule has 0 radical (unpaired) electrons. The Bertz CT molecular complexity index is 753. The Labute approximate surface area is 127 Å². The van der Waals surface area contributed by atoms with Gasteiger partial charge in [0.1, 0.15) is 11.1 Å². The van der Waals surface area contributed by atoms with Crippen molar-refractivity contribution in [2.75, 3.05) is 0 Å². The van der Waals surface area contributed by atoms with Gasteiger partial charge in [-0.2, -0.15) is 5.26 Å². The molecule has 21 heavy (non-hydrogen) atoms. The quantitative estimate of drug-likeness (QED) is 0.859. The summed E-state index contributed by atoms with van der Waals surface area (Å²) in [6, 6.07) is 7.00. The molecule has 1 N–H and O–H groups in total. The number of thiazole rings is 1. The Kier molecular flexibility index (Phi) is 4.39. The number of nitriles is 1. The van der Waals surface area contributed by atoms with Crippen molar-refractivity contribution in [2.24, 2.45) is 11.8 Å². The number of carboxylic acids is 1. The molecular weight excluding hydrogens is 284 g/mol. The zero-order valence-electron chi connectivity index (χ0n) is 12.1. The molecule has 2 aromatic rings. The number of nitrogens with zero attached hydrogens (tertiary/aromatic N) is 2. The third-order valence-electron chi connectivity index (χ3n) is 3.47. The number of aromatic nitrogens is 1. The molecule has 0 amide bonds. The zero-order valence-corrected chi connectivity index (χ0v) is 12.9. The molecule has 2 rings (SSSR count). The molecule has 0 saturated carbocycles.